The maximum Gasteiger partial charge on any atom is 0.198 e. The fraction of sp³-hybridized carbons (Fsp3) is 0.0417. The zero-order valence-electron chi connectivity index (χ0n) is 30.5. The SMILES string of the molecule is Cc1ccc(Nc2ccc(Nc3ccc(C)cc3)c3c2C(=O)c2ccccc2C3=O)cc1.O=C1c2ccccc2C(=O)c2c(Nc3ccccc3)ccc(O)c21. The van der Waals surface area contributed by atoms with E-state index >= 15 is 0 Å². The number of anilines is 6. The maximum atomic E-state index is 13.5. The first-order chi connectivity index (χ1) is 27.2. The Bertz CT molecular complexity index is 2600. The first-order valence-corrected chi connectivity index (χ1v) is 18.1. The van der Waals surface area contributed by atoms with Crippen molar-refractivity contribution in [2.45, 2.75) is 13.8 Å². The summed E-state index contributed by atoms with van der Waals surface area (Å²) in [6.45, 7) is 4.05. The molecule has 272 valence electrons. The number of nitrogens with one attached hydrogen (secondary N) is 3. The number of fused-ring (bicyclic) bond motifs is 4. The summed E-state index contributed by atoms with van der Waals surface area (Å²) in [5.41, 5.74) is 9.15. The highest BCUT2D eigenvalue weighted by Crippen LogP contribution is 2.40. The molecule has 2 aliphatic carbocycles. The van der Waals surface area contributed by atoms with Gasteiger partial charge in [-0.05, 0) is 74.5 Å². The fourth-order valence-corrected chi connectivity index (χ4v) is 7.00. The predicted octanol–water partition coefficient (Wildman–Crippen LogP) is 10.5. The van der Waals surface area contributed by atoms with E-state index in [2.05, 4.69) is 16.0 Å². The molecule has 0 saturated heterocycles. The number of ketones is 4. The number of hydrogen-bond donors (Lipinski definition) is 4. The van der Waals surface area contributed by atoms with Crippen LogP contribution in [0.1, 0.15) is 74.8 Å². The number of hydrogen-bond acceptors (Lipinski definition) is 8. The van der Waals surface area contributed by atoms with E-state index in [0.717, 1.165) is 28.2 Å². The molecular formula is C48H35N3O5. The molecule has 0 aromatic heterocycles. The molecule has 56 heavy (non-hydrogen) atoms. The van der Waals surface area contributed by atoms with E-state index in [9.17, 15) is 24.3 Å². The minimum atomic E-state index is -0.339. The van der Waals surface area contributed by atoms with Crippen molar-refractivity contribution in [3.63, 3.8) is 0 Å². The topological polar surface area (TPSA) is 125 Å². The van der Waals surface area contributed by atoms with Gasteiger partial charge >= 0.3 is 0 Å². The molecule has 4 N–H and O–H groups in total. The fourth-order valence-electron chi connectivity index (χ4n) is 7.00. The van der Waals surface area contributed by atoms with Gasteiger partial charge in [-0.1, -0.05) is 102 Å². The van der Waals surface area contributed by atoms with Crippen LogP contribution in [0.15, 0.2) is 152 Å². The van der Waals surface area contributed by atoms with Crippen LogP contribution in [0.4, 0.5) is 34.1 Å². The molecule has 0 spiro atoms. The largest absolute Gasteiger partial charge is 0.507 e. The van der Waals surface area contributed by atoms with Gasteiger partial charge in [0.25, 0.3) is 0 Å². The Kier molecular flexibility index (Phi) is 9.30. The summed E-state index contributed by atoms with van der Waals surface area (Å²) in [4.78, 5) is 52.7. The molecule has 7 aromatic carbocycles. The summed E-state index contributed by atoms with van der Waals surface area (Å²) in [6.07, 6.45) is 0. The summed E-state index contributed by atoms with van der Waals surface area (Å²) in [5.74, 6) is -1.10. The van der Waals surface area contributed by atoms with Crippen molar-refractivity contribution in [1.82, 2.24) is 0 Å². The number of para-hydroxylation sites is 1. The molecule has 0 saturated carbocycles. The molecule has 0 bridgehead atoms. The van der Waals surface area contributed by atoms with Crippen LogP contribution in [0.5, 0.6) is 5.75 Å². The molecule has 8 heteroatoms. The van der Waals surface area contributed by atoms with E-state index in [1.807, 2.05) is 105 Å². The second-order valence-electron chi connectivity index (χ2n) is 13.7. The number of rotatable bonds is 6. The molecule has 0 atom stereocenters. The molecule has 0 fully saturated rings. The quantitative estimate of drug-likeness (QED) is 0.125. The Hall–Kier alpha value is -7.58. The highest BCUT2D eigenvalue weighted by molar-refractivity contribution is 6.32. The molecule has 0 heterocycles. The van der Waals surface area contributed by atoms with Crippen LogP contribution >= 0.6 is 0 Å². The summed E-state index contributed by atoms with van der Waals surface area (Å²) in [6, 6.07) is 45.7. The van der Waals surface area contributed by atoms with Crippen molar-refractivity contribution in [3.05, 3.63) is 207 Å². The van der Waals surface area contributed by atoms with Crippen molar-refractivity contribution < 1.29 is 24.3 Å². The van der Waals surface area contributed by atoms with E-state index in [4.69, 9.17) is 0 Å². The number of aromatic hydroxyl groups is 1. The third kappa shape index (κ3) is 6.60. The lowest BCUT2D eigenvalue weighted by Gasteiger charge is -2.24. The van der Waals surface area contributed by atoms with Crippen molar-refractivity contribution in [3.8, 4) is 5.75 Å². The third-order valence-corrected chi connectivity index (χ3v) is 9.84. The van der Waals surface area contributed by atoms with Gasteiger partial charge in [0.15, 0.2) is 23.1 Å². The molecule has 0 aliphatic heterocycles. The predicted molar refractivity (Wildman–Crippen MR) is 220 cm³/mol. The van der Waals surface area contributed by atoms with Gasteiger partial charge in [0.2, 0.25) is 0 Å². The third-order valence-electron chi connectivity index (χ3n) is 9.84. The van der Waals surface area contributed by atoms with Gasteiger partial charge in [-0.3, -0.25) is 19.2 Å². The first kappa shape index (κ1) is 35.4. The summed E-state index contributed by atoms with van der Waals surface area (Å²) in [5, 5.41) is 20.0. The molecule has 0 unspecified atom stereocenters. The number of phenolic OH excluding ortho intramolecular Hbond substituents is 1. The number of benzene rings is 7. The van der Waals surface area contributed by atoms with Gasteiger partial charge in [0, 0.05) is 39.3 Å². The Morgan fingerprint density at radius 1 is 0.339 bits per heavy atom. The van der Waals surface area contributed by atoms with Gasteiger partial charge in [-0.25, -0.2) is 0 Å². The molecule has 9 rings (SSSR count). The van der Waals surface area contributed by atoms with Crippen LogP contribution in [0.2, 0.25) is 0 Å². The Balaban J connectivity index is 0.000000164. The lowest BCUT2D eigenvalue weighted by atomic mass is 9.82. The summed E-state index contributed by atoms with van der Waals surface area (Å²) < 4.78 is 0. The van der Waals surface area contributed by atoms with Crippen LogP contribution in [0, 0.1) is 13.8 Å². The number of carbonyl (C=O) groups excluding carboxylic acids is 4. The van der Waals surface area contributed by atoms with Crippen LogP contribution in [-0.4, -0.2) is 28.2 Å². The van der Waals surface area contributed by atoms with Crippen molar-refractivity contribution in [2.24, 2.45) is 0 Å². The number of carbonyl (C=O) groups is 4. The monoisotopic (exact) mass is 733 g/mol. The second-order valence-corrected chi connectivity index (χ2v) is 13.7. The van der Waals surface area contributed by atoms with Gasteiger partial charge in [0.05, 0.1) is 39.3 Å². The zero-order chi connectivity index (χ0) is 38.9. The van der Waals surface area contributed by atoms with E-state index in [1.54, 1.807) is 54.6 Å². The molecule has 0 radical (unpaired) electrons. The number of phenols is 1. The molecule has 7 aromatic rings. The zero-order valence-corrected chi connectivity index (χ0v) is 30.5. The van der Waals surface area contributed by atoms with Gasteiger partial charge in [0.1, 0.15) is 5.75 Å². The average molecular weight is 734 g/mol. The number of aryl methyl sites for hydroxylation is 2. The van der Waals surface area contributed by atoms with Crippen molar-refractivity contribution in [1.29, 1.82) is 0 Å². The molecule has 2 aliphatic rings. The highest BCUT2D eigenvalue weighted by Gasteiger charge is 2.35. The second kappa shape index (κ2) is 14.7. The van der Waals surface area contributed by atoms with E-state index in [1.165, 1.54) is 6.07 Å². The summed E-state index contributed by atoms with van der Waals surface area (Å²) >= 11 is 0. The van der Waals surface area contributed by atoms with E-state index in [0.29, 0.717) is 50.4 Å². The van der Waals surface area contributed by atoms with Crippen molar-refractivity contribution in [2.75, 3.05) is 16.0 Å². The normalized spacial score (nSPS) is 12.3. The van der Waals surface area contributed by atoms with E-state index < -0.39 is 0 Å². The van der Waals surface area contributed by atoms with Crippen LogP contribution in [-0.2, 0) is 0 Å². The van der Waals surface area contributed by atoms with Crippen molar-refractivity contribution >= 4 is 57.3 Å². The van der Waals surface area contributed by atoms with Gasteiger partial charge < -0.3 is 21.1 Å². The molecule has 8 nitrogen and oxygen atoms in total. The Morgan fingerprint density at radius 3 is 1.04 bits per heavy atom. The van der Waals surface area contributed by atoms with Gasteiger partial charge in [-0.2, -0.15) is 0 Å². The standard InChI is InChI=1S/C28H22N2O2.C20H13NO3/c1-17-7-11-19(12-8-17)29-23-15-16-24(30-20-13-9-18(2)10-14-20)26-25(23)27(31)21-5-3-4-6-22(21)28(26)32;22-16-11-10-15(21-12-6-2-1-3-7-12)17-18(16)20(24)14-9-5-4-8-13(14)19(17)23/h3-16,29-30H,1-2H3;1-11,21-22H. The molecule has 0 amide bonds. The van der Waals surface area contributed by atoms with Gasteiger partial charge in [-0.15, -0.1) is 0 Å². The molecular weight excluding hydrogens is 699 g/mol. The highest BCUT2D eigenvalue weighted by atomic mass is 16.3. The average Bonchev–Trinajstić information content (AvgIpc) is 3.22. The lowest BCUT2D eigenvalue weighted by Crippen LogP contribution is -2.23. The lowest BCUT2D eigenvalue weighted by molar-refractivity contribution is 0.0977. The first-order valence-electron chi connectivity index (χ1n) is 18.1. The minimum Gasteiger partial charge on any atom is -0.507 e. The summed E-state index contributed by atoms with van der Waals surface area (Å²) in [7, 11) is 0. The van der Waals surface area contributed by atoms with E-state index in [-0.39, 0.29) is 40.0 Å². The Labute approximate surface area is 323 Å². The smallest absolute Gasteiger partial charge is 0.198 e. The maximum absolute atomic E-state index is 13.5. The minimum absolute atomic E-state index is 0.0552. The van der Waals surface area contributed by atoms with Crippen LogP contribution in [0.25, 0.3) is 0 Å². The Morgan fingerprint density at radius 2 is 0.643 bits per heavy atom. The van der Waals surface area contributed by atoms with Crippen LogP contribution in [0.3, 0.4) is 0 Å². The van der Waals surface area contributed by atoms with Crippen LogP contribution < -0.4 is 16.0 Å².